The van der Waals surface area contributed by atoms with E-state index in [1.807, 2.05) is 35.8 Å². The van der Waals surface area contributed by atoms with Crippen molar-refractivity contribution in [2.45, 2.75) is 32.6 Å². The fourth-order valence-electron chi connectivity index (χ4n) is 3.42. The van der Waals surface area contributed by atoms with E-state index in [1.165, 1.54) is 36.2 Å². The lowest BCUT2D eigenvalue weighted by molar-refractivity contribution is 0.102. The summed E-state index contributed by atoms with van der Waals surface area (Å²) in [5.74, 6) is 0.816. The van der Waals surface area contributed by atoms with E-state index in [-0.39, 0.29) is 5.91 Å². The molecule has 3 aromatic rings. The van der Waals surface area contributed by atoms with Gasteiger partial charge in [0.2, 0.25) is 0 Å². The molecule has 6 heteroatoms. The molecule has 5 nitrogen and oxygen atoms in total. The Morgan fingerprint density at radius 2 is 2.04 bits per heavy atom. The number of nitrogens with zero attached hydrogens (tertiary/aromatic N) is 3. The molecule has 2 aromatic heterocycles. The van der Waals surface area contributed by atoms with Gasteiger partial charge in [0, 0.05) is 35.9 Å². The molecule has 0 atom stereocenters. The molecule has 0 spiro atoms. The molecule has 0 bridgehead atoms. The molecule has 4 rings (SSSR count). The van der Waals surface area contributed by atoms with E-state index in [2.05, 4.69) is 39.2 Å². The number of anilines is 2. The number of thiazole rings is 1. The summed E-state index contributed by atoms with van der Waals surface area (Å²) in [6, 6.07) is 12.0. The highest BCUT2D eigenvalue weighted by molar-refractivity contribution is 7.13. The molecule has 144 valence electrons. The Balaban J connectivity index is 1.50. The minimum Gasteiger partial charge on any atom is -0.357 e. The summed E-state index contributed by atoms with van der Waals surface area (Å²) < 4.78 is 0. The van der Waals surface area contributed by atoms with Crippen molar-refractivity contribution in [1.82, 2.24) is 9.97 Å². The van der Waals surface area contributed by atoms with Crippen LogP contribution in [-0.2, 0) is 6.42 Å². The monoisotopic (exact) mass is 392 g/mol. The minimum atomic E-state index is -0.180. The zero-order valence-corrected chi connectivity index (χ0v) is 16.8. The van der Waals surface area contributed by atoms with Crippen LogP contribution in [0.3, 0.4) is 0 Å². The first-order valence-electron chi connectivity index (χ1n) is 9.80. The van der Waals surface area contributed by atoms with Crippen LogP contribution in [0.4, 0.5) is 11.5 Å². The van der Waals surface area contributed by atoms with Crippen LogP contribution >= 0.6 is 11.3 Å². The third kappa shape index (κ3) is 4.22. The number of carbonyl (C=O) groups excluding carboxylic acids is 1. The maximum atomic E-state index is 12.6. The third-order valence-corrected chi connectivity index (χ3v) is 5.89. The van der Waals surface area contributed by atoms with Crippen molar-refractivity contribution in [3.8, 4) is 10.6 Å². The first-order chi connectivity index (χ1) is 13.7. The van der Waals surface area contributed by atoms with Crippen LogP contribution in [0.15, 0.2) is 48.0 Å². The van der Waals surface area contributed by atoms with Gasteiger partial charge in [-0.3, -0.25) is 4.79 Å². The number of rotatable bonds is 5. The second-order valence-corrected chi connectivity index (χ2v) is 7.85. The molecule has 1 aromatic carbocycles. The quantitative estimate of drug-likeness (QED) is 0.663. The molecule has 1 aliphatic rings. The Morgan fingerprint density at radius 1 is 1.18 bits per heavy atom. The van der Waals surface area contributed by atoms with E-state index < -0.39 is 0 Å². The normalized spacial score (nSPS) is 14.1. The van der Waals surface area contributed by atoms with Crippen molar-refractivity contribution in [3.63, 3.8) is 0 Å². The van der Waals surface area contributed by atoms with E-state index in [1.54, 1.807) is 0 Å². The summed E-state index contributed by atoms with van der Waals surface area (Å²) >= 11 is 1.49. The number of pyridine rings is 1. The summed E-state index contributed by atoms with van der Waals surface area (Å²) in [7, 11) is 0. The zero-order chi connectivity index (χ0) is 19.3. The maximum absolute atomic E-state index is 12.6. The highest BCUT2D eigenvalue weighted by Crippen LogP contribution is 2.27. The average Bonchev–Trinajstić information content (AvgIpc) is 3.25. The number of hydrogen-bond donors (Lipinski definition) is 1. The second-order valence-electron chi connectivity index (χ2n) is 7.00. The third-order valence-electron chi connectivity index (χ3n) is 5.00. The zero-order valence-electron chi connectivity index (χ0n) is 16.0. The van der Waals surface area contributed by atoms with Gasteiger partial charge in [-0.05, 0) is 55.5 Å². The van der Waals surface area contributed by atoms with E-state index >= 15 is 0 Å². The molecule has 28 heavy (non-hydrogen) atoms. The molecule has 0 radical (unpaired) electrons. The molecule has 0 unspecified atom stereocenters. The number of hydrogen-bond acceptors (Lipinski definition) is 5. The van der Waals surface area contributed by atoms with Crippen molar-refractivity contribution < 1.29 is 4.79 Å². The summed E-state index contributed by atoms with van der Waals surface area (Å²) in [4.78, 5) is 24.0. The molecular weight excluding hydrogens is 368 g/mol. The van der Waals surface area contributed by atoms with Crippen LogP contribution in [0.1, 0.15) is 42.2 Å². The van der Waals surface area contributed by atoms with Crippen LogP contribution in [0, 0.1) is 0 Å². The molecule has 1 N–H and O–H groups in total. The van der Waals surface area contributed by atoms with E-state index in [9.17, 15) is 4.79 Å². The number of aromatic nitrogens is 2. The predicted octanol–water partition coefficient (Wildman–Crippen LogP) is 5.01. The maximum Gasteiger partial charge on any atom is 0.275 e. The molecular formula is C22H24N4OS. The molecule has 0 saturated carbocycles. The van der Waals surface area contributed by atoms with E-state index in [4.69, 9.17) is 0 Å². The first-order valence-corrected chi connectivity index (χ1v) is 10.7. The van der Waals surface area contributed by atoms with Gasteiger partial charge in [-0.15, -0.1) is 11.3 Å². The molecule has 1 amide bonds. The summed E-state index contributed by atoms with van der Waals surface area (Å²) in [5.41, 5.74) is 3.44. The smallest absolute Gasteiger partial charge is 0.275 e. The van der Waals surface area contributed by atoms with Gasteiger partial charge in [-0.2, -0.15) is 0 Å². The number of benzene rings is 1. The lowest BCUT2D eigenvalue weighted by Crippen LogP contribution is -2.30. The van der Waals surface area contributed by atoms with Crippen molar-refractivity contribution in [2.75, 3.05) is 23.3 Å². The Kier molecular flexibility index (Phi) is 5.67. The lowest BCUT2D eigenvalue weighted by Gasteiger charge is -2.27. The van der Waals surface area contributed by atoms with Crippen LogP contribution < -0.4 is 10.2 Å². The molecule has 1 aliphatic heterocycles. The van der Waals surface area contributed by atoms with Crippen LogP contribution in [0.2, 0.25) is 0 Å². The second kappa shape index (κ2) is 8.52. The predicted molar refractivity (Wildman–Crippen MR) is 115 cm³/mol. The number of aryl methyl sites for hydroxylation is 1. The Morgan fingerprint density at radius 3 is 2.86 bits per heavy atom. The first kappa shape index (κ1) is 18.6. The largest absolute Gasteiger partial charge is 0.357 e. The molecule has 1 fully saturated rings. The van der Waals surface area contributed by atoms with Gasteiger partial charge in [-0.1, -0.05) is 19.1 Å². The van der Waals surface area contributed by atoms with Gasteiger partial charge in [0.1, 0.15) is 16.5 Å². The van der Waals surface area contributed by atoms with E-state index in [0.29, 0.717) is 5.69 Å². The van der Waals surface area contributed by atoms with E-state index in [0.717, 1.165) is 41.6 Å². The van der Waals surface area contributed by atoms with Gasteiger partial charge >= 0.3 is 0 Å². The fraction of sp³-hybridized carbons (Fsp3) is 0.318. The van der Waals surface area contributed by atoms with Crippen LogP contribution in [0.5, 0.6) is 0 Å². The topological polar surface area (TPSA) is 58.1 Å². The number of nitrogens with one attached hydrogen (secondary N) is 1. The fourth-order valence-corrected chi connectivity index (χ4v) is 4.22. The molecule has 3 heterocycles. The Hall–Kier alpha value is -2.73. The van der Waals surface area contributed by atoms with Crippen molar-refractivity contribution in [3.05, 3.63) is 59.2 Å². The van der Waals surface area contributed by atoms with Gasteiger partial charge in [0.25, 0.3) is 5.91 Å². The number of piperidine rings is 1. The van der Waals surface area contributed by atoms with Crippen molar-refractivity contribution in [2.24, 2.45) is 0 Å². The van der Waals surface area contributed by atoms with Gasteiger partial charge in [0.05, 0.1) is 0 Å². The lowest BCUT2D eigenvalue weighted by atomic mass is 10.1. The Labute approximate surface area is 169 Å². The van der Waals surface area contributed by atoms with Crippen LogP contribution in [0.25, 0.3) is 10.6 Å². The van der Waals surface area contributed by atoms with Crippen molar-refractivity contribution >= 4 is 28.7 Å². The Bertz CT molecular complexity index is 962. The number of carbonyl (C=O) groups is 1. The van der Waals surface area contributed by atoms with Crippen LogP contribution in [-0.4, -0.2) is 29.0 Å². The average molecular weight is 393 g/mol. The van der Waals surface area contributed by atoms with Gasteiger partial charge in [0.15, 0.2) is 0 Å². The molecule has 1 saturated heterocycles. The summed E-state index contributed by atoms with van der Waals surface area (Å²) in [6.07, 6.45) is 6.49. The highest BCUT2D eigenvalue weighted by atomic mass is 32.1. The van der Waals surface area contributed by atoms with Gasteiger partial charge < -0.3 is 10.2 Å². The summed E-state index contributed by atoms with van der Waals surface area (Å²) in [6.45, 7) is 4.21. The van der Waals surface area contributed by atoms with Crippen molar-refractivity contribution in [1.29, 1.82) is 0 Å². The summed E-state index contributed by atoms with van der Waals surface area (Å²) in [5, 5.41) is 5.60. The molecule has 0 aliphatic carbocycles. The standard InChI is InChI=1S/C22H24N4OS/c1-2-16-7-6-8-18(13-16)24-21(27)19-15-28-22(25-19)17-9-10-23-20(14-17)26-11-4-3-5-12-26/h6-10,13-15H,2-5,11-12H2,1H3,(H,24,27). The SMILES string of the molecule is CCc1cccc(NC(=O)c2csc(-c3ccnc(N4CCCCC4)c3)n2)c1. The minimum absolute atomic E-state index is 0.180. The highest BCUT2D eigenvalue weighted by Gasteiger charge is 2.15. The number of amides is 1. The van der Waals surface area contributed by atoms with Gasteiger partial charge in [-0.25, -0.2) is 9.97 Å².